The summed E-state index contributed by atoms with van der Waals surface area (Å²) in [5, 5.41) is 0.204. The fraction of sp³-hybridized carbons (Fsp3) is 0.545. The summed E-state index contributed by atoms with van der Waals surface area (Å²) in [5.41, 5.74) is 1.37. The summed E-state index contributed by atoms with van der Waals surface area (Å²) in [6, 6.07) is 4.07. The number of halogens is 1. The van der Waals surface area contributed by atoms with E-state index in [0.29, 0.717) is 0 Å². The quantitative estimate of drug-likeness (QED) is 0.678. The molecule has 1 aromatic rings. The van der Waals surface area contributed by atoms with E-state index in [9.17, 15) is 0 Å². The maximum Gasteiger partial charge on any atom is 0.0316 e. The van der Waals surface area contributed by atoms with Crippen LogP contribution in [0, 0.1) is 0 Å². The summed E-state index contributed by atoms with van der Waals surface area (Å²) in [5.74, 6) is 0. The van der Waals surface area contributed by atoms with Gasteiger partial charge in [-0.25, -0.2) is 0 Å². The third-order valence-electron chi connectivity index (χ3n) is 2.23. The van der Waals surface area contributed by atoms with Crippen LogP contribution in [0.2, 0.25) is 0 Å². The molecule has 0 amide bonds. The first-order chi connectivity index (χ1) is 6.02. The van der Waals surface area contributed by atoms with Crippen LogP contribution in [0.3, 0.4) is 0 Å². The summed E-state index contributed by atoms with van der Waals surface area (Å²) in [7, 11) is 0. The van der Waals surface area contributed by atoms with E-state index in [-0.39, 0.29) is 10.8 Å². The Balaban J connectivity index is 2.81. The third kappa shape index (κ3) is 3.00. The smallest absolute Gasteiger partial charge is 0.0316 e. The van der Waals surface area contributed by atoms with Crippen LogP contribution in [0.4, 0.5) is 0 Å². The van der Waals surface area contributed by atoms with Gasteiger partial charge in [0.25, 0.3) is 0 Å². The van der Waals surface area contributed by atoms with Gasteiger partial charge in [-0.1, -0.05) is 19.9 Å². The molecule has 0 aromatic carbocycles. The lowest BCUT2D eigenvalue weighted by Gasteiger charge is -2.25. The van der Waals surface area contributed by atoms with Gasteiger partial charge in [-0.05, 0) is 30.4 Å². The maximum atomic E-state index is 5.99. The zero-order chi connectivity index (χ0) is 9.90. The molecule has 0 spiro atoms. The van der Waals surface area contributed by atoms with Crippen LogP contribution in [0.15, 0.2) is 24.5 Å². The van der Waals surface area contributed by atoms with E-state index in [4.69, 9.17) is 11.6 Å². The van der Waals surface area contributed by atoms with Crippen LogP contribution in [0.25, 0.3) is 0 Å². The first-order valence-corrected chi connectivity index (χ1v) is 5.00. The van der Waals surface area contributed by atoms with E-state index in [2.05, 4.69) is 24.9 Å². The molecular weight excluding hydrogens is 182 g/mol. The van der Waals surface area contributed by atoms with Crippen LogP contribution in [-0.4, -0.2) is 10.4 Å². The molecule has 0 fully saturated rings. The Morgan fingerprint density at radius 3 is 2.69 bits per heavy atom. The zero-order valence-electron chi connectivity index (χ0n) is 8.42. The first-order valence-electron chi connectivity index (χ1n) is 4.57. The molecule has 0 N–H and O–H groups in total. The average molecular weight is 198 g/mol. The van der Waals surface area contributed by atoms with Gasteiger partial charge in [-0.3, -0.25) is 4.98 Å². The highest BCUT2D eigenvalue weighted by atomic mass is 35.5. The molecule has 13 heavy (non-hydrogen) atoms. The van der Waals surface area contributed by atoms with Crippen LogP contribution >= 0.6 is 11.6 Å². The van der Waals surface area contributed by atoms with Crippen molar-refractivity contribution >= 4 is 11.6 Å². The van der Waals surface area contributed by atoms with Gasteiger partial charge in [-0.2, -0.15) is 0 Å². The third-order valence-corrected chi connectivity index (χ3v) is 2.39. The van der Waals surface area contributed by atoms with E-state index in [1.54, 1.807) is 6.20 Å². The largest absolute Gasteiger partial charge is 0.264 e. The minimum atomic E-state index is 0.120. The van der Waals surface area contributed by atoms with Crippen LogP contribution in [-0.2, 0) is 5.41 Å². The van der Waals surface area contributed by atoms with Crippen LogP contribution in [0.1, 0.15) is 32.8 Å². The summed E-state index contributed by atoms with van der Waals surface area (Å²) >= 11 is 5.99. The molecule has 2 heteroatoms. The van der Waals surface area contributed by atoms with Crippen molar-refractivity contribution in [2.45, 2.75) is 38.0 Å². The molecule has 1 nitrogen and oxygen atoms in total. The molecule has 1 rings (SSSR count). The molecule has 1 heterocycles. The van der Waals surface area contributed by atoms with Crippen molar-refractivity contribution in [3.05, 3.63) is 30.1 Å². The Hall–Kier alpha value is -0.560. The average Bonchev–Trinajstić information content (AvgIpc) is 2.04. The molecule has 1 unspecified atom stereocenters. The fourth-order valence-electron chi connectivity index (χ4n) is 1.58. The molecular formula is C11H16ClN. The lowest BCUT2D eigenvalue weighted by atomic mass is 9.81. The lowest BCUT2D eigenvalue weighted by Crippen LogP contribution is -2.20. The number of hydrogen-bond acceptors (Lipinski definition) is 1. The predicted molar refractivity (Wildman–Crippen MR) is 57.2 cm³/mol. The Morgan fingerprint density at radius 2 is 2.23 bits per heavy atom. The minimum absolute atomic E-state index is 0.120. The van der Waals surface area contributed by atoms with Crippen molar-refractivity contribution in [2.75, 3.05) is 0 Å². The number of alkyl halides is 1. The maximum absolute atomic E-state index is 5.99. The summed E-state index contributed by atoms with van der Waals surface area (Å²) in [6.07, 6.45) is 4.68. The molecule has 0 radical (unpaired) electrons. The Kier molecular flexibility index (Phi) is 3.32. The Morgan fingerprint density at radius 1 is 1.54 bits per heavy atom. The van der Waals surface area contributed by atoms with Crippen LogP contribution < -0.4 is 0 Å². The Labute approximate surface area is 85.1 Å². The highest BCUT2D eigenvalue weighted by molar-refractivity contribution is 6.20. The van der Waals surface area contributed by atoms with Crippen molar-refractivity contribution in [2.24, 2.45) is 0 Å². The lowest BCUT2D eigenvalue weighted by molar-refractivity contribution is 0.475. The number of nitrogens with zero attached hydrogens (tertiary/aromatic N) is 1. The topological polar surface area (TPSA) is 12.9 Å². The first kappa shape index (κ1) is 10.5. The minimum Gasteiger partial charge on any atom is -0.264 e. The van der Waals surface area contributed by atoms with Crippen molar-refractivity contribution < 1.29 is 0 Å². The van der Waals surface area contributed by atoms with E-state index in [1.165, 1.54) is 5.56 Å². The molecule has 0 bridgehead atoms. The molecule has 1 aromatic heterocycles. The number of pyridine rings is 1. The SMILES string of the molecule is CC(Cl)CC(C)(C)c1cccnc1. The fourth-order valence-corrected chi connectivity index (χ4v) is 1.97. The van der Waals surface area contributed by atoms with Gasteiger partial charge < -0.3 is 0 Å². The van der Waals surface area contributed by atoms with Gasteiger partial charge in [0.2, 0.25) is 0 Å². The normalized spacial score (nSPS) is 14.2. The molecule has 0 saturated heterocycles. The highest BCUT2D eigenvalue weighted by Crippen LogP contribution is 2.28. The molecule has 0 aliphatic heterocycles. The van der Waals surface area contributed by atoms with E-state index in [1.807, 2.05) is 19.2 Å². The van der Waals surface area contributed by atoms with Crippen molar-refractivity contribution in [1.82, 2.24) is 4.98 Å². The van der Waals surface area contributed by atoms with Gasteiger partial charge in [0, 0.05) is 17.8 Å². The molecule has 0 aliphatic carbocycles. The van der Waals surface area contributed by atoms with Gasteiger partial charge in [0.1, 0.15) is 0 Å². The van der Waals surface area contributed by atoms with Gasteiger partial charge in [0.05, 0.1) is 0 Å². The Bertz CT molecular complexity index is 254. The van der Waals surface area contributed by atoms with Gasteiger partial charge in [0.15, 0.2) is 0 Å². The van der Waals surface area contributed by atoms with Gasteiger partial charge in [-0.15, -0.1) is 11.6 Å². The van der Waals surface area contributed by atoms with E-state index >= 15 is 0 Å². The highest BCUT2D eigenvalue weighted by Gasteiger charge is 2.22. The number of rotatable bonds is 3. The molecule has 0 aliphatic rings. The van der Waals surface area contributed by atoms with Crippen molar-refractivity contribution in [3.63, 3.8) is 0 Å². The van der Waals surface area contributed by atoms with Crippen molar-refractivity contribution in [3.8, 4) is 0 Å². The monoisotopic (exact) mass is 197 g/mol. The van der Waals surface area contributed by atoms with E-state index in [0.717, 1.165) is 6.42 Å². The van der Waals surface area contributed by atoms with Gasteiger partial charge >= 0.3 is 0 Å². The van der Waals surface area contributed by atoms with Crippen LogP contribution in [0.5, 0.6) is 0 Å². The summed E-state index contributed by atoms with van der Waals surface area (Å²) in [6.45, 7) is 6.42. The second kappa shape index (κ2) is 4.10. The number of hydrogen-bond donors (Lipinski definition) is 0. The molecule has 72 valence electrons. The predicted octanol–water partition coefficient (Wildman–Crippen LogP) is 3.38. The molecule has 0 saturated carbocycles. The molecule has 1 atom stereocenters. The summed E-state index contributed by atoms with van der Waals surface area (Å²) < 4.78 is 0. The standard InChI is InChI=1S/C11H16ClN/c1-9(12)7-11(2,3)10-5-4-6-13-8-10/h4-6,8-9H,7H2,1-3H3. The number of aromatic nitrogens is 1. The van der Waals surface area contributed by atoms with E-state index < -0.39 is 0 Å². The zero-order valence-corrected chi connectivity index (χ0v) is 9.17. The second-order valence-corrected chi connectivity index (χ2v) is 4.86. The summed E-state index contributed by atoms with van der Waals surface area (Å²) in [4.78, 5) is 4.12. The van der Waals surface area contributed by atoms with Crippen molar-refractivity contribution in [1.29, 1.82) is 0 Å². The second-order valence-electron chi connectivity index (χ2n) is 4.11.